The summed E-state index contributed by atoms with van der Waals surface area (Å²) in [4.78, 5) is 3.35. The first kappa shape index (κ1) is 14.2. The lowest BCUT2D eigenvalue weighted by Crippen LogP contribution is -2.08. The zero-order chi connectivity index (χ0) is 14.2. The molecular formula is C17H17BrOS2. The van der Waals surface area contributed by atoms with E-state index in [0.29, 0.717) is 4.83 Å². The van der Waals surface area contributed by atoms with Crippen LogP contribution >= 0.6 is 39.0 Å². The fraction of sp³-hybridized carbons (Fsp3) is 0.412. The van der Waals surface area contributed by atoms with Crippen molar-refractivity contribution in [3.63, 3.8) is 0 Å². The highest BCUT2D eigenvalue weighted by Crippen LogP contribution is 2.41. The van der Waals surface area contributed by atoms with E-state index in [0.717, 1.165) is 25.2 Å². The van der Waals surface area contributed by atoms with E-state index in [1.54, 1.807) is 10.4 Å². The lowest BCUT2D eigenvalue weighted by Gasteiger charge is -2.19. The minimum atomic E-state index is 0.310. The van der Waals surface area contributed by atoms with E-state index in [1.165, 1.54) is 33.9 Å². The Kier molecular flexibility index (Phi) is 4.03. The summed E-state index contributed by atoms with van der Waals surface area (Å²) >= 11 is 7.95. The highest BCUT2D eigenvalue weighted by atomic mass is 79.9. The monoisotopic (exact) mass is 380 g/mol. The predicted molar refractivity (Wildman–Crippen MR) is 95.2 cm³/mol. The first-order valence-corrected chi connectivity index (χ1v) is 10.3. The Balaban J connectivity index is 1.64. The molecule has 2 aromatic rings. The van der Waals surface area contributed by atoms with Gasteiger partial charge in [-0.15, -0.1) is 11.3 Å². The van der Waals surface area contributed by atoms with Gasteiger partial charge in [-0.3, -0.25) is 0 Å². The molecule has 110 valence electrons. The summed E-state index contributed by atoms with van der Waals surface area (Å²) in [6.45, 7) is 0.861. The van der Waals surface area contributed by atoms with Crippen LogP contribution in [0.2, 0.25) is 0 Å². The lowest BCUT2D eigenvalue weighted by atomic mass is 10.0. The Hall–Kier alpha value is -0.450. The van der Waals surface area contributed by atoms with Gasteiger partial charge < -0.3 is 4.74 Å². The van der Waals surface area contributed by atoms with Gasteiger partial charge in [0.05, 0.1) is 11.4 Å². The molecule has 0 amide bonds. The maximum absolute atomic E-state index is 5.71. The van der Waals surface area contributed by atoms with Gasteiger partial charge in [0, 0.05) is 15.5 Å². The minimum Gasteiger partial charge on any atom is -0.493 e. The zero-order valence-corrected chi connectivity index (χ0v) is 15.0. The van der Waals surface area contributed by atoms with E-state index in [1.807, 2.05) is 11.3 Å². The van der Waals surface area contributed by atoms with Crippen LogP contribution in [0.4, 0.5) is 0 Å². The Labute approximate surface area is 142 Å². The van der Waals surface area contributed by atoms with Gasteiger partial charge in [0.1, 0.15) is 5.75 Å². The van der Waals surface area contributed by atoms with Crippen LogP contribution in [0.25, 0.3) is 0 Å². The van der Waals surface area contributed by atoms with Gasteiger partial charge in [0.2, 0.25) is 0 Å². The van der Waals surface area contributed by atoms with Gasteiger partial charge in [-0.1, -0.05) is 28.1 Å². The third-order valence-corrected chi connectivity index (χ3v) is 7.76. The maximum atomic E-state index is 5.71. The molecule has 0 bridgehead atoms. The van der Waals surface area contributed by atoms with Crippen molar-refractivity contribution in [1.29, 1.82) is 0 Å². The summed E-state index contributed by atoms with van der Waals surface area (Å²) in [5.41, 5.74) is 4.27. The van der Waals surface area contributed by atoms with Crippen LogP contribution < -0.4 is 4.74 Å². The second-order valence-corrected chi connectivity index (χ2v) is 8.77. The normalized spacial score (nSPS) is 18.5. The van der Waals surface area contributed by atoms with Crippen molar-refractivity contribution in [2.75, 3.05) is 12.4 Å². The number of fused-ring (bicyclic) bond motifs is 2. The molecule has 3 heterocycles. The number of hydrogen-bond acceptors (Lipinski definition) is 3. The van der Waals surface area contributed by atoms with Crippen LogP contribution in [-0.4, -0.2) is 12.4 Å². The van der Waals surface area contributed by atoms with Crippen LogP contribution in [0.5, 0.6) is 5.75 Å². The quantitative estimate of drug-likeness (QED) is 0.649. The number of benzene rings is 1. The lowest BCUT2D eigenvalue weighted by molar-refractivity contribution is 0.288. The summed E-state index contributed by atoms with van der Waals surface area (Å²) in [5, 5.41) is 0. The maximum Gasteiger partial charge on any atom is 0.122 e. The van der Waals surface area contributed by atoms with Crippen molar-refractivity contribution in [3.8, 4) is 5.75 Å². The van der Waals surface area contributed by atoms with Crippen LogP contribution in [0.1, 0.15) is 37.7 Å². The molecule has 2 aliphatic rings. The Morgan fingerprint density at radius 3 is 3.00 bits per heavy atom. The number of thiophene rings is 1. The van der Waals surface area contributed by atoms with Crippen LogP contribution in [-0.2, 0) is 18.6 Å². The van der Waals surface area contributed by atoms with E-state index < -0.39 is 0 Å². The molecule has 4 heteroatoms. The van der Waals surface area contributed by atoms with Gasteiger partial charge in [-0.25, -0.2) is 0 Å². The molecule has 0 aliphatic carbocycles. The van der Waals surface area contributed by atoms with E-state index >= 15 is 0 Å². The number of hydrogen-bond donors (Lipinski definition) is 0. The largest absolute Gasteiger partial charge is 0.493 e. The highest BCUT2D eigenvalue weighted by molar-refractivity contribution is 9.09. The number of halogens is 1. The molecule has 1 nitrogen and oxygen atoms in total. The van der Waals surface area contributed by atoms with Crippen LogP contribution in [0.15, 0.2) is 24.3 Å². The SMILES string of the molecule is BrC(c1ccc2c(c1)CCCO2)c1cc2c(s1)CCSC2. The van der Waals surface area contributed by atoms with E-state index in [9.17, 15) is 0 Å². The van der Waals surface area contributed by atoms with Crippen molar-refractivity contribution < 1.29 is 4.74 Å². The van der Waals surface area contributed by atoms with Crippen molar-refractivity contribution >= 4 is 39.0 Å². The third kappa shape index (κ3) is 2.78. The molecule has 2 aliphatic heterocycles. The van der Waals surface area contributed by atoms with Gasteiger partial charge >= 0.3 is 0 Å². The van der Waals surface area contributed by atoms with E-state index in [4.69, 9.17) is 4.74 Å². The molecular weight excluding hydrogens is 364 g/mol. The van der Waals surface area contributed by atoms with Crippen molar-refractivity contribution in [2.24, 2.45) is 0 Å². The molecule has 0 fully saturated rings. The highest BCUT2D eigenvalue weighted by Gasteiger charge is 2.20. The molecule has 0 saturated heterocycles. The second-order valence-electron chi connectivity index (χ2n) is 5.58. The molecule has 1 unspecified atom stereocenters. The fourth-order valence-electron chi connectivity index (χ4n) is 3.00. The smallest absolute Gasteiger partial charge is 0.122 e. The standard InChI is InChI=1S/C17H17BrOS2/c18-17(16-9-13-10-20-7-5-15(13)21-16)12-3-4-14-11(8-12)2-1-6-19-14/h3-4,8-9,17H,1-2,5-7,10H2. The molecule has 1 atom stereocenters. The Morgan fingerprint density at radius 2 is 2.10 bits per heavy atom. The molecule has 1 aromatic heterocycles. The van der Waals surface area contributed by atoms with Crippen LogP contribution in [0, 0.1) is 0 Å². The Morgan fingerprint density at radius 1 is 1.14 bits per heavy atom. The zero-order valence-electron chi connectivity index (χ0n) is 11.7. The summed E-state index contributed by atoms with van der Waals surface area (Å²) in [6, 6.07) is 9.07. The molecule has 0 N–H and O–H groups in total. The number of ether oxygens (including phenoxy) is 1. The van der Waals surface area contributed by atoms with E-state index in [2.05, 4.69) is 52.0 Å². The van der Waals surface area contributed by atoms with E-state index in [-0.39, 0.29) is 0 Å². The fourth-order valence-corrected chi connectivity index (χ4v) is 6.08. The van der Waals surface area contributed by atoms with Crippen molar-refractivity contribution in [2.45, 2.75) is 29.8 Å². The predicted octanol–water partition coefficient (Wildman–Crippen LogP) is 5.35. The third-order valence-electron chi connectivity index (χ3n) is 4.12. The van der Waals surface area contributed by atoms with Crippen molar-refractivity contribution in [3.05, 3.63) is 50.7 Å². The summed E-state index contributed by atoms with van der Waals surface area (Å²) < 4.78 is 5.71. The second kappa shape index (κ2) is 5.98. The number of aryl methyl sites for hydroxylation is 2. The van der Waals surface area contributed by atoms with Gasteiger partial charge in [0.15, 0.2) is 0 Å². The molecule has 0 radical (unpaired) electrons. The minimum absolute atomic E-state index is 0.310. The summed E-state index contributed by atoms with van der Waals surface area (Å²) in [6.07, 6.45) is 3.51. The molecule has 21 heavy (non-hydrogen) atoms. The Bertz CT molecular complexity index is 641. The average Bonchev–Trinajstić information content (AvgIpc) is 2.97. The number of alkyl halides is 1. The molecule has 0 spiro atoms. The summed E-state index contributed by atoms with van der Waals surface area (Å²) in [5.74, 6) is 3.53. The van der Waals surface area contributed by atoms with Gasteiger partial charge in [-0.05, 0) is 53.8 Å². The first-order valence-electron chi connectivity index (χ1n) is 7.40. The number of rotatable bonds is 2. The topological polar surface area (TPSA) is 9.23 Å². The first-order chi connectivity index (χ1) is 10.3. The van der Waals surface area contributed by atoms with Crippen LogP contribution in [0.3, 0.4) is 0 Å². The van der Waals surface area contributed by atoms with Gasteiger partial charge in [0.25, 0.3) is 0 Å². The average molecular weight is 381 g/mol. The molecule has 4 rings (SSSR count). The number of thioether (sulfide) groups is 1. The van der Waals surface area contributed by atoms with Crippen molar-refractivity contribution in [1.82, 2.24) is 0 Å². The molecule has 0 saturated carbocycles. The van der Waals surface area contributed by atoms with Gasteiger partial charge in [-0.2, -0.15) is 11.8 Å². The molecule has 1 aromatic carbocycles. The summed E-state index contributed by atoms with van der Waals surface area (Å²) in [7, 11) is 0.